The normalized spacial score (nSPS) is 22.8. The van der Waals surface area contributed by atoms with Crippen LogP contribution in [0.1, 0.15) is 38.2 Å². The van der Waals surface area contributed by atoms with E-state index in [-0.39, 0.29) is 5.91 Å². The summed E-state index contributed by atoms with van der Waals surface area (Å²) in [7, 11) is 0. The van der Waals surface area contributed by atoms with Crippen molar-refractivity contribution in [2.45, 2.75) is 45.6 Å². The van der Waals surface area contributed by atoms with Crippen molar-refractivity contribution < 1.29 is 4.79 Å². The Hall–Kier alpha value is -1.51. The fourth-order valence-corrected chi connectivity index (χ4v) is 2.74. The molecular weight excluding hydrogens is 236 g/mol. The maximum Gasteiger partial charge on any atom is 0.239 e. The van der Waals surface area contributed by atoms with Crippen molar-refractivity contribution in [2.24, 2.45) is 5.92 Å². The highest BCUT2D eigenvalue weighted by atomic mass is 16.1. The van der Waals surface area contributed by atoms with Gasteiger partial charge in [0.2, 0.25) is 5.91 Å². The molecule has 3 heteroatoms. The van der Waals surface area contributed by atoms with Gasteiger partial charge in [0.1, 0.15) is 0 Å². The monoisotopic (exact) mass is 260 g/mol. The van der Waals surface area contributed by atoms with Crippen molar-refractivity contribution in [3.8, 4) is 0 Å². The summed E-state index contributed by atoms with van der Waals surface area (Å²) in [4.78, 5) is 12.0. The minimum absolute atomic E-state index is 0.0991. The molecule has 19 heavy (non-hydrogen) atoms. The van der Waals surface area contributed by atoms with Crippen molar-refractivity contribution in [3.63, 3.8) is 0 Å². The van der Waals surface area contributed by atoms with Crippen molar-refractivity contribution >= 4 is 11.6 Å². The highest BCUT2D eigenvalue weighted by molar-refractivity contribution is 5.81. The number of rotatable bonds is 4. The van der Waals surface area contributed by atoms with Crippen LogP contribution in [-0.2, 0) is 4.79 Å². The molecule has 0 aliphatic heterocycles. The molecule has 1 saturated carbocycles. The van der Waals surface area contributed by atoms with Crippen LogP contribution in [0.25, 0.3) is 0 Å². The van der Waals surface area contributed by atoms with Gasteiger partial charge in [-0.25, -0.2) is 0 Å². The molecule has 0 radical (unpaired) electrons. The van der Waals surface area contributed by atoms with Crippen molar-refractivity contribution in [2.75, 3.05) is 11.9 Å². The van der Waals surface area contributed by atoms with Gasteiger partial charge in [0.15, 0.2) is 0 Å². The molecule has 0 bridgehead atoms. The molecule has 1 amide bonds. The predicted octanol–water partition coefficient (Wildman–Crippen LogP) is 3.10. The molecule has 1 aliphatic rings. The summed E-state index contributed by atoms with van der Waals surface area (Å²) in [6.07, 6.45) is 4.89. The Balaban J connectivity index is 1.80. The number of hydrogen-bond donors (Lipinski definition) is 2. The lowest BCUT2D eigenvalue weighted by atomic mass is 9.86. The number of carbonyl (C=O) groups is 1. The second-order valence-electron chi connectivity index (χ2n) is 5.60. The van der Waals surface area contributed by atoms with E-state index in [1.54, 1.807) is 0 Å². The summed E-state index contributed by atoms with van der Waals surface area (Å²) < 4.78 is 0. The SMILES string of the molecule is Cc1ccccc1NCC(=O)N[C@@H]1CCCC[C@@H]1C. The quantitative estimate of drug-likeness (QED) is 0.873. The van der Waals surface area contributed by atoms with Crippen LogP contribution in [0.5, 0.6) is 0 Å². The standard InChI is InChI=1S/C16H24N2O/c1-12-7-3-5-9-14(12)17-11-16(19)18-15-10-6-4-8-13(15)2/h3,5,7,9,13,15,17H,4,6,8,10-11H2,1-2H3,(H,18,19)/t13-,15+/m0/s1. The molecule has 0 saturated heterocycles. The van der Waals surface area contributed by atoms with Crippen LogP contribution in [0.4, 0.5) is 5.69 Å². The molecule has 0 spiro atoms. The number of aryl methyl sites for hydroxylation is 1. The van der Waals surface area contributed by atoms with E-state index in [1.807, 2.05) is 31.2 Å². The Morgan fingerprint density at radius 1 is 1.26 bits per heavy atom. The van der Waals surface area contributed by atoms with Crippen LogP contribution < -0.4 is 10.6 Å². The molecule has 2 atom stereocenters. The van der Waals surface area contributed by atoms with E-state index >= 15 is 0 Å². The minimum Gasteiger partial charge on any atom is -0.376 e. The summed E-state index contributed by atoms with van der Waals surface area (Å²) in [5.74, 6) is 0.707. The fraction of sp³-hybridized carbons (Fsp3) is 0.562. The van der Waals surface area contributed by atoms with E-state index in [0.29, 0.717) is 18.5 Å². The molecule has 0 unspecified atom stereocenters. The van der Waals surface area contributed by atoms with Gasteiger partial charge < -0.3 is 10.6 Å². The molecule has 1 aliphatic carbocycles. The average molecular weight is 260 g/mol. The lowest BCUT2D eigenvalue weighted by Crippen LogP contribution is -2.43. The Morgan fingerprint density at radius 2 is 2.00 bits per heavy atom. The summed E-state index contributed by atoms with van der Waals surface area (Å²) >= 11 is 0. The maximum absolute atomic E-state index is 12.0. The first-order chi connectivity index (χ1) is 9.16. The molecule has 2 N–H and O–H groups in total. The summed E-state index contributed by atoms with van der Waals surface area (Å²) in [5.41, 5.74) is 2.20. The van der Waals surface area contributed by atoms with Crippen LogP contribution in [0.3, 0.4) is 0 Å². The highest BCUT2D eigenvalue weighted by Gasteiger charge is 2.22. The minimum atomic E-state index is 0.0991. The van der Waals surface area contributed by atoms with Crippen LogP contribution in [0.2, 0.25) is 0 Å². The van der Waals surface area contributed by atoms with E-state index in [4.69, 9.17) is 0 Å². The third-order valence-electron chi connectivity index (χ3n) is 4.04. The van der Waals surface area contributed by atoms with Crippen LogP contribution in [0.15, 0.2) is 24.3 Å². The number of carbonyl (C=O) groups excluding carboxylic acids is 1. The van der Waals surface area contributed by atoms with E-state index in [2.05, 4.69) is 17.6 Å². The van der Waals surface area contributed by atoms with Gasteiger partial charge in [-0.2, -0.15) is 0 Å². The zero-order valence-electron chi connectivity index (χ0n) is 11.9. The van der Waals surface area contributed by atoms with Crippen molar-refractivity contribution in [3.05, 3.63) is 29.8 Å². The maximum atomic E-state index is 12.0. The first-order valence-corrected chi connectivity index (χ1v) is 7.25. The second kappa shape index (κ2) is 6.60. The smallest absolute Gasteiger partial charge is 0.239 e. The van der Waals surface area contributed by atoms with Gasteiger partial charge in [0, 0.05) is 11.7 Å². The molecule has 3 nitrogen and oxygen atoms in total. The van der Waals surface area contributed by atoms with Gasteiger partial charge in [0.05, 0.1) is 6.54 Å². The molecule has 1 aromatic rings. The highest BCUT2D eigenvalue weighted by Crippen LogP contribution is 2.23. The van der Waals surface area contributed by atoms with Crippen molar-refractivity contribution in [1.82, 2.24) is 5.32 Å². The summed E-state index contributed by atoms with van der Waals surface area (Å²) in [6.45, 7) is 4.64. The fourth-order valence-electron chi connectivity index (χ4n) is 2.74. The zero-order chi connectivity index (χ0) is 13.7. The van der Waals surface area contributed by atoms with Gasteiger partial charge in [0.25, 0.3) is 0 Å². The number of nitrogens with one attached hydrogen (secondary N) is 2. The number of benzene rings is 1. The molecule has 104 valence electrons. The third-order valence-corrected chi connectivity index (χ3v) is 4.04. The number of amides is 1. The largest absolute Gasteiger partial charge is 0.376 e. The van der Waals surface area contributed by atoms with Gasteiger partial charge in [-0.05, 0) is 37.3 Å². The van der Waals surface area contributed by atoms with Crippen LogP contribution >= 0.6 is 0 Å². The van der Waals surface area contributed by atoms with Gasteiger partial charge in [-0.3, -0.25) is 4.79 Å². The van der Waals surface area contributed by atoms with Crippen LogP contribution in [0, 0.1) is 12.8 Å². The van der Waals surface area contributed by atoms with Gasteiger partial charge >= 0.3 is 0 Å². The molecule has 1 fully saturated rings. The Morgan fingerprint density at radius 3 is 2.74 bits per heavy atom. The van der Waals surface area contributed by atoms with Gasteiger partial charge in [-0.15, -0.1) is 0 Å². The van der Waals surface area contributed by atoms with Crippen LogP contribution in [-0.4, -0.2) is 18.5 Å². The lowest BCUT2D eigenvalue weighted by molar-refractivity contribution is -0.120. The molecule has 0 aromatic heterocycles. The van der Waals surface area contributed by atoms with E-state index in [9.17, 15) is 4.79 Å². The number of hydrogen-bond acceptors (Lipinski definition) is 2. The molecule has 0 heterocycles. The summed E-state index contributed by atoms with van der Waals surface area (Å²) in [5, 5.41) is 6.36. The van der Waals surface area contributed by atoms with E-state index < -0.39 is 0 Å². The summed E-state index contributed by atoms with van der Waals surface area (Å²) in [6, 6.07) is 8.40. The lowest BCUT2D eigenvalue weighted by Gasteiger charge is -2.29. The third kappa shape index (κ3) is 3.98. The Kier molecular flexibility index (Phi) is 4.83. The first-order valence-electron chi connectivity index (χ1n) is 7.25. The Labute approximate surface area is 115 Å². The number of para-hydroxylation sites is 1. The van der Waals surface area contributed by atoms with Gasteiger partial charge in [-0.1, -0.05) is 38.0 Å². The molecule has 1 aromatic carbocycles. The average Bonchev–Trinajstić information content (AvgIpc) is 2.40. The predicted molar refractivity (Wildman–Crippen MR) is 79.2 cm³/mol. The van der Waals surface area contributed by atoms with E-state index in [1.165, 1.54) is 24.8 Å². The topological polar surface area (TPSA) is 41.1 Å². The number of anilines is 1. The zero-order valence-corrected chi connectivity index (χ0v) is 11.9. The first kappa shape index (κ1) is 13.9. The molecular formula is C16H24N2O. The van der Waals surface area contributed by atoms with Crippen molar-refractivity contribution in [1.29, 1.82) is 0 Å². The molecule has 2 rings (SSSR count). The van der Waals surface area contributed by atoms with E-state index in [0.717, 1.165) is 12.1 Å². The second-order valence-corrected chi connectivity index (χ2v) is 5.60. The Bertz CT molecular complexity index is 431.